The van der Waals surface area contributed by atoms with E-state index < -0.39 is 6.03 Å². The molecule has 5 heteroatoms. The van der Waals surface area contributed by atoms with Gasteiger partial charge in [0.2, 0.25) is 0 Å². The van der Waals surface area contributed by atoms with E-state index in [1.165, 1.54) is 6.07 Å². The molecule has 0 aliphatic rings. The van der Waals surface area contributed by atoms with E-state index in [9.17, 15) is 9.90 Å². The van der Waals surface area contributed by atoms with Gasteiger partial charge in [0, 0.05) is 18.1 Å². The Morgan fingerprint density at radius 3 is 2.47 bits per heavy atom. The van der Waals surface area contributed by atoms with Crippen LogP contribution in [-0.4, -0.2) is 16.1 Å². The molecule has 5 nitrogen and oxygen atoms in total. The molecule has 0 unspecified atom stereocenters. The maximum absolute atomic E-state index is 11.6. The van der Waals surface area contributed by atoms with Crippen LogP contribution >= 0.6 is 0 Å². The Bertz CT molecular complexity index is 514. The van der Waals surface area contributed by atoms with Crippen molar-refractivity contribution in [3.05, 3.63) is 48.8 Å². The van der Waals surface area contributed by atoms with Gasteiger partial charge in [0.15, 0.2) is 0 Å². The van der Waals surface area contributed by atoms with Crippen LogP contribution in [0.3, 0.4) is 0 Å². The third-order valence-electron chi connectivity index (χ3n) is 2.09. The Kier molecular flexibility index (Phi) is 3.20. The quantitative estimate of drug-likeness (QED) is 0.692. The summed E-state index contributed by atoms with van der Waals surface area (Å²) in [7, 11) is 0. The molecule has 2 aromatic rings. The van der Waals surface area contributed by atoms with Crippen molar-refractivity contribution in [1.29, 1.82) is 0 Å². The number of hydrogen-bond donors (Lipinski definition) is 3. The number of amides is 2. The van der Waals surface area contributed by atoms with Crippen LogP contribution in [0.2, 0.25) is 0 Å². The number of para-hydroxylation sites is 2. The lowest BCUT2D eigenvalue weighted by atomic mass is 10.3. The summed E-state index contributed by atoms with van der Waals surface area (Å²) in [5.41, 5.74) is 0.993. The average molecular weight is 229 g/mol. The Hall–Kier alpha value is -2.56. The summed E-state index contributed by atoms with van der Waals surface area (Å²) < 4.78 is 0. The van der Waals surface area contributed by atoms with Gasteiger partial charge in [0.1, 0.15) is 5.75 Å². The second kappa shape index (κ2) is 4.98. The van der Waals surface area contributed by atoms with Crippen molar-refractivity contribution >= 4 is 17.4 Å². The SMILES string of the molecule is O=C(Nc1ccncc1)Nc1ccccc1O. The number of aromatic nitrogens is 1. The fourth-order valence-corrected chi connectivity index (χ4v) is 1.30. The van der Waals surface area contributed by atoms with Gasteiger partial charge in [-0.05, 0) is 24.3 Å². The number of phenolic OH excluding ortho intramolecular Hbond substituents is 1. The molecule has 1 aromatic heterocycles. The van der Waals surface area contributed by atoms with Gasteiger partial charge in [0.05, 0.1) is 5.69 Å². The van der Waals surface area contributed by atoms with Crippen LogP contribution in [-0.2, 0) is 0 Å². The number of anilines is 2. The first kappa shape index (κ1) is 10.9. The Morgan fingerprint density at radius 1 is 1.06 bits per heavy atom. The van der Waals surface area contributed by atoms with Crippen molar-refractivity contribution in [2.24, 2.45) is 0 Å². The summed E-state index contributed by atoms with van der Waals surface area (Å²) >= 11 is 0. The molecular formula is C12H11N3O2. The number of phenols is 1. The lowest BCUT2D eigenvalue weighted by molar-refractivity contribution is 0.262. The van der Waals surface area contributed by atoms with Crippen molar-refractivity contribution < 1.29 is 9.90 Å². The molecule has 0 saturated carbocycles. The predicted molar refractivity (Wildman–Crippen MR) is 65.0 cm³/mol. The third-order valence-corrected chi connectivity index (χ3v) is 2.09. The monoisotopic (exact) mass is 229 g/mol. The van der Waals surface area contributed by atoms with Crippen molar-refractivity contribution in [3.8, 4) is 5.75 Å². The number of nitrogens with one attached hydrogen (secondary N) is 2. The Balaban J connectivity index is 2.01. The molecule has 2 amide bonds. The number of nitrogens with zero attached hydrogens (tertiary/aromatic N) is 1. The van der Waals surface area contributed by atoms with E-state index in [2.05, 4.69) is 15.6 Å². The minimum atomic E-state index is -0.419. The molecule has 1 aromatic carbocycles. The van der Waals surface area contributed by atoms with Crippen LogP contribution in [0, 0.1) is 0 Å². The largest absolute Gasteiger partial charge is 0.506 e. The molecule has 0 atom stereocenters. The van der Waals surface area contributed by atoms with Crippen molar-refractivity contribution in [2.45, 2.75) is 0 Å². The van der Waals surface area contributed by atoms with Crippen LogP contribution < -0.4 is 10.6 Å². The smallest absolute Gasteiger partial charge is 0.323 e. The molecule has 0 bridgehead atoms. The average Bonchev–Trinajstić information content (AvgIpc) is 2.33. The minimum absolute atomic E-state index is 0.0254. The summed E-state index contributed by atoms with van der Waals surface area (Å²) in [6.07, 6.45) is 3.16. The summed E-state index contributed by atoms with van der Waals surface area (Å²) in [5, 5.41) is 14.6. The first-order valence-corrected chi connectivity index (χ1v) is 5.02. The highest BCUT2D eigenvalue weighted by Gasteiger charge is 2.05. The van der Waals surface area contributed by atoms with E-state index in [1.54, 1.807) is 42.7 Å². The zero-order chi connectivity index (χ0) is 12.1. The number of pyridine rings is 1. The van der Waals surface area contributed by atoms with Gasteiger partial charge in [0.25, 0.3) is 0 Å². The molecule has 3 N–H and O–H groups in total. The molecule has 1 heterocycles. The van der Waals surface area contributed by atoms with Crippen LogP contribution in [0.5, 0.6) is 5.75 Å². The Labute approximate surface area is 98.1 Å². The fraction of sp³-hybridized carbons (Fsp3) is 0. The van der Waals surface area contributed by atoms with E-state index in [0.29, 0.717) is 11.4 Å². The minimum Gasteiger partial charge on any atom is -0.506 e. The maximum atomic E-state index is 11.6. The zero-order valence-corrected chi connectivity index (χ0v) is 8.92. The first-order chi connectivity index (χ1) is 8.25. The van der Waals surface area contributed by atoms with Crippen LogP contribution in [0.4, 0.5) is 16.2 Å². The van der Waals surface area contributed by atoms with E-state index in [4.69, 9.17) is 0 Å². The number of aromatic hydroxyl groups is 1. The highest BCUT2D eigenvalue weighted by atomic mass is 16.3. The lowest BCUT2D eigenvalue weighted by Gasteiger charge is -2.08. The van der Waals surface area contributed by atoms with E-state index in [-0.39, 0.29) is 5.75 Å². The van der Waals surface area contributed by atoms with Gasteiger partial charge in [-0.1, -0.05) is 12.1 Å². The summed E-state index contributed by atoms with van der Waals surface area (Å²) in [6.45, 7) is 0. The van der Waals surface area contributed by atoms with Gasteiger partial charge in [-0.3, -0.25) is 4.98 Å². The molecule has 86 valence electrons. The first-order valence-electron chi connectivity index (χ1n) is 5.02. The topological polar surface area (TPSA) is 74.2 Å². The Morgan fingerprint density at radius 2 is 1.76 bits per heavy atom. The predicted octanol–water partition coefficient (Wildman–Crippen LogP) is 2.43. The molecule has 0 saturated heterocycles. The number of hydrogen-bond acceptors (Lipinski definition) is 3. The fourth-order valence-electron chi connectivity index (χ4n) is 1.30. The summed E-state index contributed by atoms with van der Waals surface area (Å²) in [6, 6.07) is 9.44. The maximum Gasteiger partial charge on any atom is 0.323 e. The second-order valence-corrected chi connectivity index (χ2v) is 3.33. The number of benzene rings is 1. The number of rotatable bonds is 2. The van der Waals surface area contributed by atoms with Crippen LogP contribution in [0.1, 0.15) is 0 Å². The van der Waals surface area contributed by atoms with Crippen LogP contribution in [0.25, 0.3) is 0 Å². The van der Waals surface area contributed by atoms with Gasteiger partial charge >= 0.3 is 6.03 Å². The van der Waals surface area contributed by atoms with Crippen molar-refractivity contribution in [2.75, 3.05) is 10.6 Å². The molecule has 0 spiro atoms. The molecule has 0 aliphatic carbocycles. The molecule has 0 aliphatic heterocycles. The standard InChI is InChI=1S/C12H11N3O2/c16-11-4-2-1-3-10(11)15-12(17)14-9-5-7-13-8-6-9/h1-8,16H,(H2,13,14,15,17). The molecule has 0 fully saturated rings. The van der Waals surface area contributed by atoms with E-state index in [1.807, 2.05) is 0 Å². The highest BCUT2D eigenvalue weighted by Crippen LogP contribution is 2.21. The van der Waals surface area contributed by atoms with Crippen LogP contribution in [0.15, 0.2) is 48.8 Å². The number of carbonyl (C=O) groups is 1. The molecule has 17 heavy (non-hydrogen) atoms. The molecule has 0 radical (unpaired) electrons. The van der Waals surface area contributed by atoms with Gasteiger partial charge < -0.3 is 15.7 Å². The molecular weight excluding hydrogens is 218 g/mol. The van der Waals surface area contributed by atoms with Gasteiger partial charge in [-0.25, -0.2) is 4.79 Å². The normalized spacial score (nSPS) is 9.65. The third kappa shape index (κ3) is 2.94. The van der Waals surface area contributed by atoms with Gasteiger partial charge in [-0.2, -0.15) is 0 Å². The highest BCUT2D eigenvalue weighted by molar-refractivity contribution is 6.00. The van der Waals surface area contributed by atoms with Crippen molar-refractivity contribution in [1.82, 2.24) is 4.98 Å². The zero-order valence-electron chi connectivity index (χ0n) is 8.92. The van der Waals surface area contributed by atoms with Crippen molar-refractivity contribution in [3.63, 3.8) is 0 Å². The van der Waals surface area contributed by atoms with E-state index >= 15 is 0 Å². The number of carbonyl (C=O) groups excluding carboxylic acids is 1. The summed E-state index contributed by atoms with van der Waals surface area (Å²) in [5.74, 6) is 0.0254. The molecule has 2 rings (SSSR count). The van der Waals surface area contributed by atoms with E-state index in [0.717, 1.165) is 0 Å². The lowest BCUT2D eigenvalue weighted by Crippen LogP contribution is -2.19. The summed E-state index contributed by atoms with van der Waals surface area (Å²) in [4.78, 5) is 15.4. The van der Waals surface area contributed by atoms with Gasteiger partial charge in [-0.15, -0.1) is 0 Å². The second-order valence-electron chi connectivity index (χ2n) is 3.33. The number of urea groups is 1.